The number of rotatable bonds is 5. The summed E-state index contributed by atoms with van der Waals surface area (Å²) < 4.78 is 6.82. The van der Waals surface area contributed by atoms with E-state index in [1.54, 1.807) is 11.3 Å². The third-order valence-electron chi connectivity index (χ3n) is 2.96. The van der Waals surface area contributed by atoms with Gasteiger partial charge in [-0.05, 0) is 54.0 Å². The summed E-state index contributed by atoms with van der Waals surface area (Å²) in [5.41, 5.74) is 5.52. The van der Waals surface area contributed by atoms with Crippen molar-refractivity contribution in [1.82, 2.24) is 5.32 Å². The van der Waals surface area contributed by atoms with E-state index >= 15 is 0 Å². The Morgan fingerprint density at radius 1 is 1.53 bits per heavy atom. The van der Waals surface area contributed by atoms with Gasteiger partial charge in [0.15, 0.2) is 0 Å². The molecule has 108 valence electrons. The van der Waals surface area contributed by atoms with E-state index in [2.05, 4.69) is 40.0 Å². The number of ether oxygens (including phenoxy) is 1. The smallest absolute Gasteiger partial charge is 0.249 e. The monoisotopic (exact) mass is 416 g/mol. The summed E-state index contributed by atoms with van der Waals surface area (Å²) in [5, 5.41) is 2.93. The van der Waals surface area contributed by atoms with Gasteiger partial charge in [-0.3, -0.25) is 4.79 Å². The van der Waals surface area contributed by atoms with E-state index in [4.69, 9.17) is 10.5 Å². The fourth-order valence-electron chi connectivity index (χ4n) is 1.98. The quantitative estimate of drug-likeness (QED) is 0.721. The van der Waals surface area contributed by atoms with Crippen LogP contribution in [0.2, 0.25) is 0 Å². The molecule has 7 heteroatoms. The molecule has 1 aromatic heterocycles. The lowest BCUT2D eigenvalue weighted by Crippen LogP contribution is -2.36. The zero-order valence-electron chi connectivity index (χ0n) is 10.4. The maximum Gasteiger partial charge on any atom is 0.249 e. The van der Waals surface area contributed by atoms with Crippen molar-refractivity contribution in [2.45, 2.75) is 31.5 Å². The zero-order valence-corrected chi connectivity index (χ0v) is 14.2. The van der Waals surface area contributed by atoms with Gasteiger partial charge in [0, 0.05) is 18.0 Å². The molecule has 1 amide bonds. The van der Waals surface area contributed by atoms with Crippen LogP contribution < -0.4 is 11.1 Å². The molecule has 1 aliphatic heterocycles. The van der Waals surface area contributed by atoms with Crippen LogP contribution in [0.1, 0.15) is 17.7 Å². The van der Waals surface area contributed by atoms with Crippen molar-refractivity contribution >= 4 is 52.2 Å². The maximum absolute atomic E-state index is 11.8. The molecule has 1 aromatic rings. The summed E-state index contributed by atoms with van der Waals surface area (Å²) in [6.07, 6.45) is 2.30. The molecule has 0 radical (unpaired) electrons. The van der Waals surface area contributed by atoms with Crippen LogP contribution in [0.3, 0.4) is 0 Å². The van der Waals surface area contributed by atoms with E-state index in [9.17, 15) is 4.79 Å². The Balaban J connectivity index is 0.00000180. The zero-order chi connectivity index (χ0) is 13.0. The summed E-state index contributed by atoms with van der Waals surface area (Å²) in [6, 6.07) is 4.20. The van der Waals surface area contributed by atoms with Crippen LogP contribution in [0.15, 0.2) is 12.1 Å². The highest BCUT2D eigenvalue weighted by Crippen LogP contribution is 2.20. The van der Waals surface area contributed by atoms with E-state index < -0.39 is 0 Å². The van der Waals surface area contributed by atoms with E-state index in [0.717, 1.165) is 19.3 Å². The number of carbonyl (C=O) groups is 1. The van der Waals surface area contributed by atoms with Gasteiger partial charge in [-0.1, -0.05) is 0 Å². The summed E-state index contributed by atoms with van der Waals surface area (Å²) in [7, 11) is 0. The predicted octanol–water partition coefficient (Wildman–Crippen LogP) is 1.94. The molecule has 2 heterocycles. The molecule has 0 aliphatic carbocycles. The minimum Gasteiger partial charge on any atom is -0.364 e. The Kier molecular flexibility index (Phi) is 7.60. The standard InChI is InChI=1S/C12H17IN2O2S.ClH/c13-11-4-2-9(18-11)5-6-15-12(16)10-3-1-8(7-14)17-10;/h2,4,8,10H,1,3,5-7,14H2,(H,15,16);1H/t8-,10+;/m1./s1. The lowest BCUT2D eigenvalue weighted by Gasteiger charge is -2.12. The average molecular weight is 417 g/mol. The largest absolute Gasteiger partial charge is 0.364 e. The van der Waals surface area contributed by atoms with E-state index in [1.165, 1.54) is 7.76 Å². The third kappa shape index (κ3) is 5.18. The first-order valence-corrected chi connectivity index (χ1v) is 7.96. The first-order valence-electron chi connectivity index (χ1n) is 6.06. The van der Waals surface area contributed by atoms with E-state index in [0.29, 0.717) is 13.1 Å². The molecule has 1 fully saturated rings. The molecule has 0 bridgehead atoms. The first-order chi connectivity index (χ1) is 8.69. The minimum absolute atomic E-state index is 0. The molecule has 1 aliphatic rings. The van der Waals surface area contributed by atoms with E-state index in [1.807, 2.05) is 0 Å². The molecular formula is C12H18ClIN2O2S. The summed E-state index contributed by atoms with van der Waals surface area (Å²) in [6.45, 7) is 1.17. The van der Waals surface area contributed by atoms with E-state index in [-0.39, 0.29) is 30.5 Å². The van der Waals surface area contributed by atoms with Crippen molar-refractivity contribution in [1.29, 1.82) is 0 Å². The van der Waals surface area contributed by atoms with Gasteiger partial charge < -0.3 is 15.8 Å². The normalized spacial score (nSPS) is 22.0. The molecule has 2 rings (SSSR count). The Morgan fingerprint density at radius 2 is 2.32 bits per heavy atom. The van der Waals surface area contributed by atoms with Gasteiger partial charge in [0.1, 0.15) is 6.10 Å². The maximum atomic E-state index is 11.8. The molecular weight excluding hydrogens is 399 g/mol. The van der Waals surface area contributed by atoms with Crippen LogP contribution >= 0.6 is 46.3 Å². The Labute approximate surface area is 137 Å². The molecule has 4 nitrogen and oxygen atoms in total. The topological polar surface area (TPSA) is 64.4 Å². The van der Waals surface area contributed by atoms with Gasteiger partial charge in [0.05, 0.1) is 8.99 Å². The molecule has 1 saturated heterocycles. The first kappa shape index (κ1) is 17.2. The Hall–Kier alpha value is 0.110. The second kappa shape index (κ2) is 8.41. The number of hydrogen-bond donors (Lipinski definition) is 2. The van der Waals surface area contributed by atoms with Crippen molar-refractivity contribution < 1.29 is 9.53 Å². The summed E-state index contributed by atoms with van der Waals surface area (Å²) >= 11 is 4.07. The van der Waals surface area contributed by atoms with Gasteiger partial charge in [-0.15, -0.1) is 23.7 Å². The molecule has 0 unspecified atom stereocenters. The van der Waals surface area contributed by atoms with Crippen LogP contribution in [0.4, 0.5) is 0 Å². The van der Waals surface area contributed by atoms with Crippen molar-refractivity contribution in [2.24, 2.45) is 5.73 Å². The molecule has 0 aromatic carbocycles. The summed E-state index contributed by atoms with van der Waals surface area (Å²) in [5.74, 6) is -0.00259. The Morgan fingerprint density at radius 3 is 2.89 bits per heavy atom. The fourth-order valence-corrected chi connectivity index (χ4v) is 3.74. The second-order valence-electron chi connectivity index (χ2n) is 4.31. The van der Waals surface area contributed by atoms with Crippen molar-refractivity contribution in [3.63, 3.8) is 0 Å². The van der Waals surface area contributed by atoms with Crippen molar-refractivity contribution in [2.75, 3.05) is 13.1 Å². The fraction of sp³-hybridized carbons (Fsp3) is 0.583. The van der Waals surface area contributed by atoms with Gasteiger partial charge in [-0.25, -0.2) is 0 Å². The molecule has 0 saturated carbocycles. The van der Waals surface area contributed by atoms with Crippen LogP contribution in [0.5, 0.6) is 0 Å². The van der Waals surface area contributed by atoms with Crippen LogP contribution in [-0.2, 0) is 16.0 Å². The van der Waals surface area contributed by atoms with Crippen molar-refractivity contribution in [3.8, 4) is 0 Å². The number of amides is 1. The van der Waals surface area contributed by atoms with Crippen molar-refractivity contribution in [3.05, 3.63) is 19.9 Å². The van der Waals surface area contributed by atoms with Crippen LogP contribution in [0, 0.1) is 2.88 Å². The number of nitrogens with two attached hydrogens (primary N) is 1. The lowest BCUT2D eigenvalue weighted by atomic mass is 10.2. The molecule has 3 N–H and O–H groups in total. The van der Waals surface area contributed by atoms with Gasteiger partial charge in [-0.2, -0.15) is 0 Å². The van der Waals surface area contributed by atoms with Crippen LogP contribution in [0.25, 0.3) is 0 Å². The second-order valence-corrected chi connectivity index (χ2v) is 7.37. The summed E-state index contributed by atoms with van der Waals surface area (Å²) in [4.78, 5) is 13.1. The predicted molar refractivity (Wildman–Crippen MR) is 87.9 cm³/mol. The lowest BCUT2D eigenvalue weighted by molar-refractivity contribution is -0.131. The highest BCUT2D eigenvalue weighted by Gasteiger charge is 2.29. The molecule has 2 atom stereocenters. The van der Waals surface area contributed by atoms with Gasteiger partial charge in [0.25, 0.3) is 0 Å². The third-order valence-corrected chi connectivity index (χ3v) is 4.92. The number of carbonyl (C=O) groups excluding carboxylic acids is 1. The highest BCUT2D eigenvalue weighted by molar-refractivity contribution is 14.1. The van der Waals surface area contributed by atoms with Crippen LogP contribution in [-0.4, -0.2) is 31.2 Å². The molecule has 19 heavy (non-hydrogen) atoms. The number of nitrogens with one attached hydrogen (secondary N) is 1. The number of thiophene rings is 1. The van der Waals surface area contributed by atoms with Gasteiger partial charge >= 0.3 is 0 Å². The Bertz CT molecular complexity index is 416. The average Bonchev–Trinajstić information content (AvgIpc) is 2.98. The number of hydrogen-bond acceptors (Lipinski definition) is 4. The molecule has 0 spiro atoms. The minimum atomic E-state index is -0.304. The number of halogens is 2. The highest BCUT2D eigenvalue weighted by atomic mass is 127. The SMILES string of the molecule is Cl.NC[C@H]1CC[C@@H](C(=O)NCCc2ccc(I)s2)O1. The van der Waals surface area contributed by atoms with Gasteiger partial charge in [0.2, 0.25) is 5.91 Å².